The van der Waals surface area contributed by atoms with Crippen LogP contribution in [0.3, 0.4) is 0 Å². The Bertz CT molecular complexity index is 616. The van der Waals surface area contributed by atoms with Gasteiger partial charge in [0.2, 0.25) is 0 Å². The van der Waals surface area contributed by atoms with E-state index in [0.29, 0.717) is 18.0 Å². The lowest BCUT2D eigenvalue weighted by Gasteiger charge is -2.17. The summed E-state index contributed by atoms with van der Waals surface area (Å²) in [6, 6.07) is 5.34. The van der Waals surface area contributed by atoms with E-state index in [2.05, 4.69) is 21.0 Å². The van der Waals surface area contributed by atoms with Gasteiger partial charge in [0, 0.05) is 6.42 Å². The molecule has 1 aromatic heterocycles. The molecule has 0 aliphatic carbocycles. The second-order valence-corrected chi connectivity index (χ2v) is 4.42. The molecule has 0 spiro atoms. The lowest BCUT2D eigenvalue weighted by atomic mass is 10.1. The monoisotopic (exact) mass is 293 g/mol. The number of carbonyl (C=O) groups is 1. The first-order valence-electron chi connectivity index (χ1n) is 6.52. The Hall–Kier alpha value is -2.35. The first kappa shape index (κ1) is 15.0. The lowest BCUT2D eigenvalue weighted by molar-refractivity contribution is -0.137. The quantitative estimate of drug-likeness (QED) is 0.803. The molecular formula is C13H16FN5O2. The molecule has 2 rings (SSSR count). The maximum Gasteiger partial charge on any atom is 0.268 e. The molecule has 1 N–H and O–H groups in total. The average molecular weight is 293 g/mol. The number of aryl methyl sites for hydroxylation is 1. The fraction of sp³-hybridized carbons (Fsp3) is 0.385. The Balaban J connectivity index is 2.24. The average Bonchev–Trinajstić information content (AvgIpc) is 2.88. The summed E-state index contributed by atoms with van der Waals surface area (Å²) in [4.78, 5) is 17.1. The molecule has 7 nitrogen and oxygen atoms in total. The van der Waals surface area contributed by atoms with E-state index >= 15 is 0 Å². The summed E-state index contributed by atoms with van der Waals surface area (Å²) < 4.78 is 14.7. The number of amides is 1. The summed E-state index contributed by atoms with van der Waals surface area (Å²) >= 11 is 0. The maximum absolute atomic E-state index is 13.3. The van der Waals surface area contributed by atoms with Crippen molar-refractivity contribution in [3.63, 3.8) is 0 Å². The van der Waals surface area contributed by atoms with Crippen molar-refractivity contribution in [3.05, 3.63) is 41.5 Å². The van der Waals surface area contributed by atoms with Crippen molar-refractivity contribution in [2.24, 2.45) is 0 Å². The standard InChI is InChI=1S/C13H16FN5O2/c1-3-21-16-13(20)12(19-9(2)15-17-18-19)8-10-5-4-6-11(14)7-10/h4-7,12H,3,8H2,1-2H3,(H,16,20). The third-order valence-electron chi connectivity index (χ3n) is 2.89. The van der Waals surface area contributed by atoms with E-state index < -0.39 is 11.9 Å². The largest absolute Gasteiger partial charge is 0.274 e. The van der Waals surface area contributed by atoms with Gasteiger partial charge in [0.1, 0.15) is 17.7 Å². The van der Waals surface area contributed by atoms with Gasteiger partial charge in [0.15, 0.2) is 0 Å². The molecule has 0 saturated carbocycles. The van der Waals surface area contributed by atoms with Crippen LogP contribution in [0.15, 0.2) is 24.3 Å². The molecule has 0 radical (unpaired) electrons. The Morgan fingerprint density at radius 2 is 2.33 bits per heavy atom. The number of hydrogen-bond acceptors (Lipinski definition) is 5. The number of halogens is 1. The lowest BCUT2D eigenvalue weighted by Crippen LogP contribution is -2.35. The molecular weight excluding hydrogens is 277 g/mol. The minimum atomic E-state index is -0.714. The summed E-state index contributed by atoms with van der Waals surface area (Å²) in [5, 5.41) is 11.1. The van der Waals surface area contributed by atoms with Crippen LogP contribution in [0.2, 0.25) is 0 Å². The Morgan fingerprint density at radius 1 is 1.52 bits per heavy atom. The van der Waals surface area contributed by atoms with Gasteiger partial charge in [0.25, 0.3) is 5.91 Å². The fourth-order valence-corrected chi connectivity index (χ4v) is 1.91. The summed E-state index contributed by atoms with van der Waals surface area (Å²) in [7, 11) is 0. The highest BCUT2D eigenvalue weighted by Gasteiger charge is 2.24. The molecule has 0 bridgehead atoms. The first-order chi connectivity index (χ1) is 10.1. The van der Waals surface area contributed by atoms with E-state index in [1.807, 2.05) is 0 Å². The van der Waals surface area contributed by atoms with E-state index in [0.717, 1.165) is 0 Å². The van der Waals surface area contributed by atoms with Crippen LogP contribution in [-0.4, -0.2) is 32.7 Å². The minimum Gasteiger partial charge on any atom is -0.274 e. The molecule has 1 atom stereocenters. The molecule has 0 fully saturated rings. The number of nitrogens with one attached hydrogen (secondary N) is 1. The smallest absolute Gasteiger partial charge is 0.268 e. The number of rotatable bonds is 6. The van der Waals surface area contributed by atoms with Gasteiger partial charge in [-0.25, -0.2) is 14.6 Å². The van der Waals surface area contributed by atoms with Gasteiger partial charge in [-0.15, -0.1) is 5.10 Å². The van der Waals surface area contributed by atoms with E-state index in [1.165, 1.54) is 16.8 Å². The molecule has 8 heteroatoms. The summed E-state index contributed by atoms with van der Waals surface area (Å²) in [5.41, 5.74) is 3.00. The Morgan fingerprint density at radius 3 is 2.95 bits per heavy atom. The summed E-state index contributed by atoms with van der Waals surface area (Å²) in [5.74, 6) is -0.260. The fourth-order valence-electron chi connectivity index (χ4n) is 1.91. The van der Waals surface area contributed by atoms with Crippen molar-refractivity contribution in [1.82, 2.24) is 25.7 Å². The van der Waals surface area contributed by atoms with Crippen LogP contribution in [0.1, 0.15) is 24.4 Å². The van der Waals surface area contributed by atoms with Crippen LogP contribution in [0.5, 0.6) is 0 Å². The number of benzene rings is 1. The van der Waals surface area contributed by atoms with Crippen molar-refractivity contribution >= 4 is 5.91 Å². The Labute approximate surface area is 121 Å². The van der Waals surface area contributed by atoms with Gasteiger partial charge in [-0.3, -0.25) is 9.63 Å². The predicted molar refractivity (Wildman–Crippen MR) is 71.5 cm³/mol. The normalized spacial score (nSPS) is 12.1. The molecule has 0 aliphatic heterocycles. The maximum atomic E-state index is 13.3. The topological polar surface area (TPSA) is 81.9 Å². The van der Waals surface area contributed by atoms with Crippen LogP contribution in [0.25, 0.3) is 0 Å². The molecule has 1 unspecified atom stereocenters. The van der Waals surface area contributed by atoms with Gasteiger partial charge in [-0.2, -0.15) is 0 Å². The second-order valence-electron chi connectivity index (χ2n) is 4.42. The van der Waals surface area contributed by atoms with Crippen LogP contribution >= 0.6 is 0 Å². The van der Waals surface area contributed by atoms with E-state index in [4.69, 9.17) is 4.84 Å². The molecule has 2 aromatic rings. The third kappa shape index (κ3) is 3.82. The van der Waals surface area contributed by atoms with Crippen molar-refractivity contribution in [3.8, 4) is 0 Å². The van der Waals surface area contributed by atoms with E-state index in [9.17, 15) is 9.18 Å². The van der Waals surface area contributed by atoms with Gasteiger partial charge < -0.3 is 0 Å². The molecule has 0 aliphatic rings. The predicted octanol–water partition coefficient (Wildman–Crippen LogP) is 0.972. The highest BCUT2D eigenvalue weighted by atomic mass is 19.1. The van der Waals surface area contributed by atoms with E-state index in [-0.39, 0.29) is 12.2 Å². The van der Waals surface area contributed by atoms with Crippen molar-refractivity contribution in [2.75, 3.05) is 6.61 Å². The third-order valence-corrected chi connectivity index (χ3v) is 2.89. The number of aromatic nitrogens is 4. The number of tetrazole rings is 1. The van der Waals surface area contributed by atoms with Crippen molar-refractivity contribution < 1.29 is 14.0 Å². The summed E-state index contributed by atoms with van der Waals surface area (Å²) in [6.45, 7) is 3.78. The van der Waals surface area contributed by atoms with E-state index in [1.54, 1.807) is 26.0 Å². The SMILES string of the molecule is CCONC(=O)C(Cc1cccc(F)c1)n1nnnc1C. The van der Waals surface area contributed by atoms with Gasteiger partial charge in [-0.05, 0) is 42.0 Å². The van der Waals surface area contributed by atoms with Crippen LogP contribution in [0.4, 0.5) is 4.39 Å². The first-order valence-corrected chi connectivity index (χ1v) is 6.52. The highest BCUT2D eigenvalue weighted by Crippen LogP contribution is 2.16. The molecule has 21 heavy (non-hydrogen) atoms. The molecule has 112 valence electrons. The number of carbonyl (C=O) groups excluding carboxylic acids is 1. The number of hydroxylamine groups is 1. The molecule has 0 saturated heterocycles. The highest BCUT2D eigenvalue weighted by molar-refractivity contribution is 5.79. The summed E-state index contributed by atoms with van der Waals surface area (Å²) in [6.07, 6.45) is 0.253. The van der Waals surface area contributed by atoms with Crippen LogP contribution < -0.4 is 5.48 Å². The van der Waals surface area contributed by atoms with Crippen molar-refractivity contribution in [2.45, 2.75) is 26.3 Å². The molecule has 1 amide bonds. The molecule has 1 aromatic carbocycles. The zero-order valence-corrected chi connectivity index (χ0v) is 11.8. The zero-order chi connectivity index (χ0) is 15.2. The number of hydrogen-bond donors (Lipinski definition) is 1. The zero-order valence-electron chi connectivity index (χ0n) is 11.8. The van der Waals surface area contributed by atoms with Crippen LogP contribution in [0, 0.1) is 12.7 Å². The van der Waals surface area contributed by atoms with Gasteiger partial charge >= 0.3 is 0 Å². The molecule has 1 heterocycles. The van der Waals surface area contributed by atoms with Gasteiger partial charge in [0.05, 0.1) is 6.61 Å². The van der Waals surface area contributed by atoms with Crippen LogP contribution in [-0.2, 0) is 16.1 Å². The van der Waals surface area contributed by atoms with Gasteiger partial charge in [-0.1, -0.05) is 12.1 Å². The number of nitrogens with zero attached hydrogens (tertiary/aromatic N) is 4. The Kier molecular flexibility index (Phi) is 4.94. The minimum absolute atomic E-state index is 0.253. The van der Waals surface area contributed by atoms with Crippen molar-refractivity contribution in [1.29, 1.82) is 0 Å². The second kappa shape index (κ2) is 6.89.